The van der Waals surface area contributed by atoms with Crippen molar-refractivity contribution >= 4 is 40.1 Å². The quantitative estimate of drug-likeness (QED) is 0.199. The Labute approximate surface area is 359 Å². The van der Waals surface area contributed by atoms with Gasteiger partial charge in [-0.15, -0.1) is 0 Å². The van der Waals surface area contributed by atoms with Gasteiger partial charge in [-0.1, -0.05) is 0 Å². The summed E-state index contributed by atoms with van der Waals surface area (Å²) in [6.45, 7) is 14.2. The summed E-state index contributed by atoms with van der Waals surface area (Å²) in [5.41, 5.74) is 4.76. The van der Waals surface area contributed by atoms with Crippen LogP contribution in [0.25, 0.3) is 22.3 Å². The molecule has 4 aromatic rings. The average Bonchev–Trinajstić information content (AvgIpc) is 3.68. The van der Waals surface area contributed by atoms with Crippen LogP contribution in [0.2, 0.25) is 0 Å². The van der Waals surface area contributed by atoms with Gasteiger partial charge >= 0.3 is 0 Å². The van der Waals surface area contributed by atoms with Crippen LogP contribution in [0.5, 0.6) is 11.6 Å². The van der Waals surface area contributed by atoms with Gasteiger partial charge in [-0.3, -0.25) is 29.7 Å². The molecule has 1 aromatic carbocycles. The number of imide groups is 1. The largest absolute Gasteiger partial charge is 0.494 e. The monoisotopic (exact) mass is 835 g/mol. The van der Waals surface area contributed by atoms with Crippen molar-refractivity contribution in [2.75, 3.05) is 75.8 Å². The first-order valence-corrected chi connectivity index (χ1v) is 22.3. The first-order valence-electron chi connectivity index (χ1n) is 22.3. The zero-order chi connectivity index (χ0) is 41.8. The Balaban J connectivity index is 0.00000272. The zero-order valence-corrected chi connectivity index (χ0v) is 35.6. The number of rotatable bonds is 11. The predicted molar refractivity (Wildman–Crippen MR) is 234 cm³/mol. The van der Waals surface area contributed by atoms with E-state index in [2.05, 4.69) is 70.0 Å². The third-order valence-electron chi connectivity index (χ3n) is 14.2. The zero-order valence-electron chi connectivity index (χ0n) is 35.6. The summed E-state index contributed by atoms with van der Waals surface area (Å²) in [7, 11) is 1.66. The van der Waals surface area contributed by atoms with E-state index in [1.54, 1.807) is 24.5 Å². The maximum atomic E-state index is 13.4. The number of carbonyl (C=O) groups is 3. The van der Waals surface area contributed by atoms with Gasteiger partial charge < -0.3 is 29.1 Å². The van der Waals surface area contributed by atoms with Gasteiger partial charge in [0.1, 0.15) is 35.2 Å². The fourth-order valence-electron chi connectivity index (χ4n) is 10.3. The van der Waals surface area contributed by atoms with Gasteiger partial charge in [-0.05, 0) is 82.8 Å². The van der Waals surface area contributed by atoms with Gasteiger partial charge in [0, 0.05) is 103 Å². The second kappa shape index (κ2) is 16.2. The van der Waals surface area contributed by atoms with Crippen LogP contribution in [-0.2, 0) is 16.1 Å². The number of piperidine rings is 3. The number of nitrogens with zero attached hydrogens (tertiary/aromatic N) is 9. The van der Waals surface area contributed by atoms with E-state index in [-0.39, 0.29) is 26.7 Å². The second-order valence-corrected chi connectivity index (χ2v) is 18.5. The Kier molecular flexibility index (Phi) is 10.5. The number of nitrogens with one attached hydrogen (secondary N) is 2. The van der Waals surface area contributed by atoms with Gasteiger partial charge in [0.2, 0.25) is 17.7 Å². The summed E-state index contributed by atoms with van der Waals surface area (Å²) >= 11 is 0. The van der Waals surface area contributed by atoms with E-state index in [1.165, 1.54) is 0 Å². The number of piperazine rings is 1. The van der Waals surface area contributed by atoms with Crippen molar-refractivity contribution < 1.29 is 26.7 Å². The van der Waals surface area contributed by atoms with Crippen molar-refractivity contribution in [3.8, 4) is 23.0 Å². The highest BCUT2D eigenvalue weighted by Crippen LogP contribution is 2.42. The van der Waals surface area contributed by atoms with Gasteiger partial charge in [-0.25, -0.2) is 15.0 Å². The molecule has 61 heavy (non-hydrogen) atoms. The number of ether oxygens (including phenoxy) is 2. The molecule has 6 aliphatic rings. The minimum Gasteiger partial charge on any atom is -0.494 e. The smallest absolute Gasteiger partial charge is 0.255 e. The van der Waals surface area contributed by atoms with Crippen LogP contribution in [0.1, 0.15) is 84.0 Å². The number of aromatic amines is 1. The maximum absolute atomic E-state index is 13.4. The summed E-state index contributed by atoms with van der Waals surface area (Å²) in [5.74, 6) is 2.73. The number of carbonyl (C=O) groups excluding carboxylic acids is 3. The Hall–Kier alpha value is -5.35. The number of H-pyrrole nitrogens is 1. The predicted octanol–water partition coefficient (Wildman–Crippen LogP) is 4.75. The normalized spacial score (nSPS) is 24.0. The number of amides is 3. The van der Waals surface area contributed by atoms with E-state index < -0.39 is 11.9 Å². The van der Waals surface area contributed by atoms with Gasteiger partial charge in [0.25, 0.3) is 5.91 Å². The van der Waals surface area contributed by atoms with Crippen LogP contribution in [0, 0.1) is 11.8 Å². The molecule has 326 valence electrons. The fraction of sp³-hybridized carbons (Fsp3) is 0.578. The first kappa shape index (κ1) is 39.8. The highest BCUT2D eigenvalue weighted by molar-refractivity contribution is 6.06. The molecule has 16 heteroatoms. The van der Waals surface area contributed by atoms with Crippen LogP contribution in [0.3, 0.4) is 0 Å². The molecule has 5 fully saturated rings. The molecule has 1 unspecified atom stereocenters. The lowest BCUT2D eigenvalue weighted by molar-refractivity contribution is -0.136. The van der Waals surface area contributed by atoms with Crippen LogP contribution < -0.4 is 24.6 Å². The lowest BCUT2D eigenvalue weighted by Crippen LogP contribution is -2.54. The minimum atomic E-state index is -0.643. The number of benzene rings is 1. The van der Waals surface area contributed by atoms with Crippen molar-refractivity contribution in [1.29, 1.82) is 0 Å². The molecule has 3 aromatic heterocycles. The molecule has 0 bridgehead atoms. The minimum absolute atomic E-state index is 0. The molecule has 0 spiro atoms. The number of hydrogen-bond donors (Lipinski definition) is 2. The highest BCUT2D eigenvalue weighted by atomic mass is 16.5. The van der Waals surface area contributed by atoms with E-state index in [0.29, 0.717) is 42.3 Å². The SMILES string of the molecule is COc1c(N2CCC(CN3CCN(CC4CCN(c5cc(-c6n[nH]c7cnc(OC8(C)CC8)cc67)ncn5)CC4)C[C@H]3C)CC2)ccc2c1CN(C1CCC(=O)NC1=O)C2=O.[HH].[HH]. The highest BCUT2D eigenvalue weighted by Gasteiger charge is 2.42. The molecule has 1 aliphatic carbocycles. The summed E-state index contributed by atoms with van der Waals surface area (Å²) in [4.78, 5) is 63.3. The summed E-state index contributed by atoms with van der Waals surface area (Å²) in [5, 5.41) is 11.1. The molecular formula is C45H61N11O5. The summed E-state index contributed by atoms with van der Waals surface area (Å²) < 4.78 is 12.1. The van der Waals surface area contributed by atoms with E-state index in [1.807, 2.05) is 18.2 Å². The standard InChI is InChI=1S/C45H57N11O5.2H2/c1-28-23-52(24-29-10-16-54(17-11-29)38-21-34(47-27-48-38)41-32-20-40(61-45(2)12-13-45)46-22-35(32)50-51-41)18-19-55(28)25-30-8-14-53(15-9-30)36-5-4-31-33(42(36)60-3)26-56(44(31)59)37-6-7-39(57)49-43(37)58;;/h4-5,20-22,27-30,37H,6-19,23-26H2,1-3H3,(H,50,51)(H,49,57,58);2*1H/t28-,37?;;/m1../s1. The van der Waals surface area contributed by atoms with E-state index >= 15 is 0 Å². The Morgan fingerprint density at radius 1 is 0.902 bits per heavy atom. The van der Waals surface area contributed by atoms with Crippen LogP contribution in [0.15, 0.2) is 36.8 Å². The van der Waals surface area contributed by atoms with Crippen molar-refractivity contribution in [1.82, 2.24) is 45.2 Å². The van der Waals surface area contributed by atoms with E-state index in [9.17, 15) is 14.4 Å². The van der Waals surface area contributed by atoms with Crippen molar-refractivity contribution in [2.45, 2.75) is 89.4 Å². The van der Waals surface area contributed by atoms with E-state index in [0.717, 1.165) is 143 Å². The Bertz CT molecular complexity index is 2330. The molecule has 1 saturated carbocycles. The molecule has 8 heterocycles. The molecule has 10 rings (SSSR count). The number of methoxy groups -OCH3 is 1. The van der Waals surface area contributed by atoms with Crippen molar-refractivity contribution in [2.24, 2.45) is 11.8 Å². The molecular weight excluding hydrogens is 775 g/mol. The van der Waals surface area contributed by atoms with Gasteiger partial charge in [-0.2, -0.15) is 5.10 Å². The van der Waals surface area contributed by atoms with Crippen LogP contribution >= 0.6 is 0 Å². The summed E-state index contributed by atoms with van der Waals surface area (Å²) in [6.07, 6.45) is 10.6. The number of anilines is 2. The molecule has 0 radical (unpaired) electrons. The maximum Gasteiger partial charge on any atom is 0.255 e. The lowest BCUT2D eigenvalue weighted by atomic mass is 9.93. The van der Waals surface area contributed by atoms with Crippen molar-refractivity contribution in [3.63, 3.8) is 0 Å². The Morgan fingerprint density at radius 3 is 2.41 bits per heavy atom. The number of pyridine rings is 1. The Morgan fingerprint density at radius 2 is 1.67 bits per heavy atom. The molecule has 4 saturated heterocycles. The number of hydrogen-bond acceptors (Lipinski definition) is 13. The number of aromatic nitrogens is 5. The van der Waals surface area contributed by atoms with Gasteiger partial charge in [0.15, 0.2) is 0 Å². The first-order chi connectivity index (χ1) is 29.6. The lowest BCUT2D eigenvalue weighted by Gasteiger charge is -2.44. The third kappa shape index (κ3) is 8.00. The molecule has 3 amide bonds. The fourth-order valence-corrected chi connectivity index (χ4v) is 10.3. The van der Waals surface area contributed by atoms with Crippen LogP contribution in [-0.4, -0.2) is 141 Å². The van der Waals surface area contributed by atoms with E-state index in [4.69, 9.17) is 9.47 Å². The van der Waals surface area contributed by atoms with Crippen LogP contribution in [0.4, 0.5) is 11.5 Å². The molecule has 16 nitrogen and oxygen atoms in total. The molecule has 2 N–H and O–H groups in total. The third-order valence-corrected chi connectivity index (χ3v) is 14.2. The van der Waals surface area contributed by atoms with Gasteiger partial charge in [0.05, 0.1) is 36.7 Å². The molecule has 2 atom stereocenters. The average molecular weight is 836 g/mol. The topological polar surface area (TPSA) is 165 Å². The number of fused-ring (bicyclic) bond motifs is 2. The molecule has 5 aliphatic heterocycles. The summed E-state index contributed by atoms with van der Waals surface area (Å²) in [6, 6.07) is 7.80. The van der Waals surface area contributed by atoms with Crippen molar-refractivity contribution in [3.05, 3.63) is 47.9 Å². The second-order valence-electron chi connectivity index (χ2n) is 18.5.